The quantitative estimate of drug-likeness (QED) is 0.925. The third kappa shape index (κ3) is 2.99. The molecule has 0 saturated carbocycles. The van der Waals surface area contributed by atoms with Gasteiger partial charge in [0.15, 0.2) is 0 Å². The average molecular weight is 267 g/mol. The molecule has 1 aliphatic rings. The van der Waals surface area contributed by atoms with Crippen molar-refractivity contribution in [1.29, 1.82) is 0 Å². The Kier molecular flexibility index (Phi) is 3.68. The van der Waals surface area contributed by atoms with Crippen LogP contribution in [-0.2, 0) is 17.6 Å². The number of amides is 1. The lowest BCUT2D eigenvalue weighted by atomic mass is 9.96. The van der Waals surface area contributed by atoms with Crippen LogP contribution in [0.15, 0.2) is 54.6 Å². The van der Waals surface area contributed by atoms with E-state index < -0.39 is 0 Å². The van der Waals surface area contributed by atoms with Crippen LogP contribution in [0.25, 0.3) is 0 Å². The SMILES string of the molecule is O=C1NCC(Cc2ccccc2Cc2ccccc2)O1. The molecule has 1 saturated heterocycles. The van der Waals surface area contributed by atoms with Crippen molar-refractivity contribution >= 4 is 6.09 Å². The molecule has 1 aliphatic heterocycles. The minimum atomic E-state index is -0.310. The van der Waals surface area contributed by atoms with Crippen molar-refractivity contribution in [2.75, 3.05) is 6.54 Å². The summed E-state index contributed by atoms with van der Waals surface area (Å²) in [5, 5.41) is 2.70. The molecule has 1 fully saturated rings. The number of ether oxygens (including phenoxy) is 1. The Hall–Kier alpha value is -2.29. The molecule has 3 nitrogen and oxygen atoms in total. The first kappa shape index (κ1) is 12.7. The smallest absolute Gasteiger partial charge is 0.407 e. The van der Waals surface area contributed by atoms with Crippen LogP contribution in [0.3, 0.4) is 0 Å². The van der Waals surface area contributed by atoms with Gasteiger partial charge in [-0.25, -0.2) is 4.79 Å². The fourth-order valence-corrected chi connectivity index (χ4v) is 2.54. The Morgan fingerprint density at radius 1 is 1.00 bits per heavy atom. The maximum atomic E-state index is 11.1. The second kappa shape index (κ2) is 5.78. The molecule has 3 heteroatoms. The average Bonchev–Trinajstić information content (AvgIpc) is 2.88. The molecule has 1 heterocycles. The summed E-state index contributed by atoms with van der Waals surface area (Å²) < 4.78 is 5.22. The van der Waals surface area contributed by atoms with Gasteiger partial charge in [-0.2, -0.15) is 0 Å². The molecule has 2 aromatic carbocycles. The Balaban J connectivity index is 1.76. The highest BCUT2D eigenvalue weighted by atomic mass is 16.6. The van der Waals surface area contributed by atoms with Crippen LogP contribution in [0.2, 0.25) is 0 Å². The molecule has 102 valence electrons. The van der Waals surface area contributed by atoms with E-state index in [1.54, 1.807) is 0 Å². The molecule has 1 atom stereocenters. The summed E-state index contributed by atoms with van der Waals surface area (Å²) in [6.07, 6.45) is 1.31. The number of benzene rings is 2. The maximum absolute atomic E-state index is 11.1. The number of carbonyl (C=O) groups is 1. The Morgan fingerprint density at radius 2 is 1.70 bits per heavy atom. The van der Waals surface area contributed by atoms with Crippen LogP contribution in [0.5, 0.6) is 0 Å². The number of hydrogen-bond acceptors (Lipinski definition) is 2. The lowest BCUT2D eigenvalue weighted by Crippen LogP contribution is -2.17. The fourth-order valence-electron chi connectivity index (χ4n) is 2.54. The largest absolute Gasteiger partial charge is 0.444 e. The van der Waals surface area contributed by atoms with Gasteiger partial charge >= 0.3 is 6.09 Å². The van der Waals surface area contributed by atoms with Gasteiger partial charge < -0.3 is 10.1 Å². The first-order chi connectivity index (χ1) is 9.81. The maximum Gasteiger partial charge on any atom is 0.407 e. The lowest BCUT2D eigenvalue weighted by molar-refractivity contribution is 0.140. The Labute approximate surface area is 118 Å². The molecule has 1 N–H and O–H groups in total. The Morgan fingerprint density at radius 3 is 2.40 bits per heavy atom. The zero-order valence-corrected chi connectivity index (χ0v) is 11.2. The number of rotatable bonds is 4. The standard InChI is InChI=1S/C17H17NO2/c19-17-18-12-16(20-17)11-15-9-5-4-8-14(15)10-13-6-2-1-3-7-13/h1-9,16H,10-12H2,(H,18,19). The molecule has 0 aromatic heterocycles. The minimum absolute atomic E-state index is 0.0561. The summed E-state index contributed by atoms with van der Waals surface area (Å²) in [5.41, 5.74) is 3.83. The van der Waals surface area contributed by atoms with Gasteiger partial charge in [-0.1, -0.05) is 54.6 Å². The monoisotopic (exact) mass is 267 g/mol. The molecule has 0 radical (unpaired) electrons. The zero-order valence-electron chi connectivity index (χ0n) is 11.2. The summed E-state index contributed by atoms with van der Waals surface area (Å²) in [4.78, 5) is 11.1. The summed E-state index contributed by atoms with van der Waals surface area (Å²) >= 11 is 0. The van der Waals surface area contributed by atoms with E-state index in [1.807, 2.05) is 12.1 Å². The molecule has 1 amide bonds. The van der Waals surface area contributed by atoms with Crippen LogP contribution in [-0.4, -0.2) is 18.7 Å². The first-order valence-corrected chi connectivity index (χ1v) is 6.86. The van der Waals surface area contributed by atoms with Crippen LogP contribution >= 0.6 is 0 Å². The number of cyclic esters (lactones) is 1. The van der Waals surface area contributed by atoms with E-state index in [0.29, 0.717) is 6.54 Å². The van der Waals surface area contributed by atoms with E-state index in [9.17, 15) is 4.79 Å². The molecule has 0 bridgehead atoms. The van der Waals surface area contributed by atoms with Crippen molar-refractivity contribution in [2.45, 2.75) is 18.9 Å². The van der Waals surface area contributed by atoms with Crippen molar-refractivity contribution in [3.8, 4) is 0 Å². The second-order valence-electron chi connectivity index (χ2n) is 5.04. The molecule has 0 aliphatic carbocycles. The van der Waals surface area contributed by atoms with Crippen LogP contribution < -0.4 is 5.32 Å². The fraction of sp³-hybridized carbons (Fsp3) is 0.235. The number of hydrogen-bond donors (Lipinski definition) is 1. The molecule has 20 heavy (non-hydrogen) atoms. The van der Waals surface area contributed by atoms with E-state index in [1.165, 1.54) is 16.7 Å². The van der Waals surface area contributed by atoms with E-state index in [2.05, 4.69) is 47.8 Å². The predicted molar refractivity (Wildman–Crippen MR) is 77.7 cm³/mol. The summed E-state index contributed by atoms with van der Waals surface area (Å²) in [6, 6.07) is 18.8. The van der Waals surface area contributed by atoms with Gasteiger partial charge in [0.05, 0.1) is 6.54 Å². The highest BCUT2D eigenvalue weighted by Gasteiger charge is 2.23. The van der Waals surface area contributed by atoms with Crippen molar-refractivity contribution in [2.24, 2.45) is 0 Å². The van der Waals surface area contributed by atoms with Gasteiger partial charge in [-0.3, -0.25) is 0 Å². The van der Waals surface area contributed by atoms with Crippen LogP contribution in [0, 0.1) is 0 Å². The van der Waals surface area contributed by atoms with Gasteiger partial charge in [-0.15, -0.1) is 0 Å². The summed E-state index contributed by atoms with van der Waals surface area (Å²) in [6.45, 7) is 0.596. The normalized spacial score (nSPS) is 17.6. The van der Waals surface area contributed by atoms with Crippen molar-refractivity contribution < 1.29 is 9.53 Å². The highest BCUT2D eigenvalue weighted by Crippen LogP contribution is 2.18. The molecule has 3 rings (SSSR count). The first-order valence-electron chi connectivity index (χ1n) is 6.86. The molecule has 2 aromatic rings. The van der Waals surface area contributed by atoms with E-state index >= 15 is 0 Å². The summed E-state index contributed by atoms with van der Waals surface area (Å²) in [5.74, 6) is 0. The van der Waals surface area contributed by atoms with Crippen molar-refractivity contribution in [3.63, 3.8) is 0 Å². The van der Waals surface area contributed by atoms with Gasteiger partial charge in [-0.05, 0) is 23.1 Å². The van der Waals surface area contributed by atoms with Crippen LogP contribution in [0.4, 0.5) is 4.79 Å². The molecular weight excluding hydrogens is 250 g/mol. The number of nitrogens with one attached hydrogen (secondary N) is 1. The van der Waals surface area contributed by atoms with Gasteiger partial charge in [0, 0.05) is 6.42 Å². The number of carbonyl (C=O) groups excluding carboxylic acids is 1. The highest BCUT2D eigenvalue weighted by molar-refractivity contribution is 5.69. The third-order valence-corrected chi connectivity index (χ3v) is 3.55. The topological polar surface area (TPSA) is 38.3 Å². The van der Waals surface area contributed by atoms with E-state index in [4.69, 9.17) is 4.74 Å². The van der Waals surface area contributed by atoms with E-state index in [0.717, 1.165) is 12.8 Å². The molecule has 1 unspecified atom stereocenters. The number of alkyl carbamates (subject to hydrolysis) is 1. The predicted octanol–water partition coefficient (Wildman–Crippen LogP) is 2.93. The van der Waals surface area contributed by atoms with Gasteiger partial charge in [0.25, 0.3) is 0 Å². The summed E-state index contributed by atoms with van der Waals surface area (Å²) in [7, 11) is 0. The zero-order chi connectivity index (χ0) is 13.8. The minimum Gasteiger partial charge on any atom is -0.444 e. The van der Waals surface area contributed by atoms with Crippen LogP contribution in [0.1, 0.15) is 16.7 Å². The van der Waals surface area contributed by atoms with Crippen molar-refractivity contribution in [1.82, 2.24) is 5.32 Å². The lowest BCUT2D eigenvalue weighted by Gasteiger charge is -2.12. The molecule has 0 spiro atoms. The van der Waals surface area contributed by atoms with Gasteiger partial charge in [0.1, 0.15) is 6.10 Å². The second-order valence-corrected chi connectivity index (χ2v) is 5.04. The van der Waals surface area contributed by atoms with E-state index in [-0.39, 0.29) is 12.2 Å². The van der Waals surface area contributed by atoms with Crippen molar-refractivity contribution in [3.05, 3.63) is 71.3 Å². The van der Waals surface area contributed by atoms with Gasteiger partial charge in [0.2, 0.25) is 0 Å². The third-order valence-electron chi connectivity index (χ3n) is 3.55. The molecular formula is C17H17NO2. The Bertz CT molecular complexity index is 595.